The first-order chi connectivity index (χ1) is 7.18. The van der Waals surface area contributed by atoms with Crippen LogP contribution in [0.5, 0.6) is 0 Å². The van der Waals surface area contributed by atoms with E-state index in [0.717, 1.165) is 17.1 Å². The molecular weight excluding hydrogens is 196 g/mol. The Morgan fingerprint density at radius 2 is 1.60 bits per heavy atom. The van der Waals surface area contributed by atoms with E-state index in [-0.39, 0.29) is 12.5 Å². The molecule has 0 unspecified atom stereocenters. The summed E-state index contributed by atoms with van der Waals surface area (Å²) in [6.45, 7) is -0.223. The molecule has 2 amide bonds. The van der Waals surface area contributed by atoms with Crippen LogP contribution in [-0.2, 0) is 9.59 Å². The number of hydrogen-bond donors (Lipinski definition) is 0. The van der Waals surface area contributed by atoms with Crippen molar-refractivity contribution in [2.24, 2.45) is 0 Å². The van der Waals surface area contributed by atoms with Crippen LogP contribution < -0.4 is 0 Å². The predicted molar refractivity (Wildman–Crippen MR) is 50.9 cm³/mol. The molecular formula is C10H8N2O3. The Morgan fingerprint density at radius 1 is 1.07 bits per heavy atom. The van der Waals surface area contributed by atoms with Gasteiger partial charge in [0.05, 0.1) is 0 Å². The monoisotopic (exact) mass is 204 g/mol. The summed E-state index contributed by atoms with van der Waals surface area (Å²) in [6.07, 6.45) is 5.46. The van der Waals surface area contributed by atoms with E-state index in [1.807, 2.05) is 0 Å². The molecule has 1 aliphatic heterocycles. The SMILES string of the molecule is O=C1C=CC(=O)N1CC(=O)n1cccc1. The number of carbonyl (C=O) groups excluding carboxylic acids is 3. The number of rotatable bonds is 2. The minimum atomic E-state index is -0.444. The van der Waals surface area contributed by atoms with Crippen molar-refractivity contribution >= 4 is 17.7 Å². The second kappa shape index (κ2) is 3.53. The Morgan fingerprint density at radius 3 is 2.13 bits per heavy atom. The molecule has 0 N–H and O–H groups in total. The van der Waals surface area contributed by atoms with Gasteiger partial charge in [-0.1, -0.05) is 0 Å². The largest absolute Gasteiger partial charge is 0.293 e. The Kier molecular flexibility index (Phi) is 2.21. The lowest BCUT2D eigenvalue weighted by atomic mass is 10.5. The Balaban J connectivity index is 2.07. The predicted octanol–water partition coefficient (Wildman–Crippen LogP) is 0.0533. The summed E-state index contributed by atoms with van der Waals surface area (Å²) in [6, 6.07) is 3.40. The van der Waals surface area contributed by atoms with Crippen LogP contribution in [0, 0.1) is 0 Å². The molecule has 0 atom stereocenters. The van der Waals surface area contributed by atoms with E-state index in [4.69, 9.17) is 0 Å². The molecule has 0 aliphatic carbocycles. The Hall–Kier alpha value is -2.17. The van der Waals surface area contributed by atoms with Gasteiger partial charge < -0.3 is 0 Å². The number of nitrogens with zero attached hydrogens (tertiary/aromatic N) is 2. The minimum absolute atomic E-state index is 0.223. The summed E-state index contributed by atoms with van der Waals surface area (Å²) in [5.41, 5.74) is 0. The lowest BCUT2D eigenvalue weighted by molar-refractivity contribution is -0.136. The molecule has 5 heteroatoms. The fraction of sp³-hybridized carbons (Fsp3) is 0.100. The quantitative estimate of drug-likeness (QED) is 0.640. The van der Waals surface area contributed by atoms with Gasteiger partial charge in [-0.25, -0.2) is 0 Å². The Bertz CT molecular complexity index is 427. The van der Waals surface area contributed by atoms with Crippen molar-refractivity contribution in [1.29, 1.82) is 0 Å². The van der Waals surface area contributed by atoms with Gasteiger partial charge in [-0.2, -0.15) is 0 Å². The average Bonchev–Trinajstić information content (AvgIpc) is 2.82. The van der Waals surface area contributed by atoms with Gasteiger partial charge >= 0.3 is 0 Å². The Labute approximate surface area is 85.6 Å². The molecule has 0 aromatic carbocycles. The van der Waals surface area contributed by atoms with Gasteiger partial charge in [-0.15, -0.1) is 0 Å². The molecule has 0 radical (unpaired) electrons. The summed E-state index contributed by atoms with van der Waals surface area (Å²) in [4.78, 5) is 34.7. The molecule has 15 heavy (non-hydrogen) atoms. The van der Waals surface area contributed by atoms with Gasteiger partial charge in [0.25, 0.3) is 17.7 Å². The van der Waals surface area contributed by atoms with Crippen LogP contribution in [0.4, 0.5) is 0 Å². The van der Waals surface area contributed by atoms with Gasteiger partial charge in [0.2, 0.25) is 0 Å². The summed E-state index contributed by atoms with van der Waals surface area (Å²) in [7, 11) is 0. The second-order valence-corrected chi connectivity index (χ2v) is 3.08. The molecule has 0 saturated carbocycles. The zero-order valence-electron chi connectivity index (χ0n) is 7.79. The summed E-state index contributed by atoms with van der Waals surface area (Å²) in [5, 5.41) is 0. The standard InChI is InChI=1S/C10H8N2O3/c13-8-3-4-9(14)12(8)7-10(15)11-5-1-2-6-11/h1-6H,7H2. The molecule has 0 fully saturated rings. The molecule has 1 aliphatic rings. The number of carbonyl (C=O) groups is 3. The smallest absolute Gasteiger partial charge is 0.254 e. The number of amides is 2. The van der Waals surface area contributed by atoms with Crippen LogP contribution in [0.3, 0.4) is 0 Å². The summed E-state index contributed by atoms with van der Waals surface area (Å²) >= 11 is 0. The van der Waals surface area contributed by atoms with Crippen molar-refractivity contribution in [1.82, 2.24) is 9.47 Å². The number of imide groups is 1. The third kappa shape index (κ3) is 1.71. The third-order valence-corrected chi connectivity index (χ3v) is 2.09. The van der Waals surface area contributed by atoms with Gasteiger partial charge in [-0.3, -0.25) is 23.9 Å². The van der Waals surface area contributed by atoms with Crippen molar-refractivity contribution in [2.75, 3.05) is 6.54 Å². The zero-order chi connectivity index (χ0) is 10.8. The maximum atomic E-state index is 11.5. The van der Waals surface area contributed by atoms with Crippen molar-refractivity contribution < 1.29 is 14.4 Å². The van der Waals surface area contributed by atoms with Crippen LogP contribution in [-0.4, -0.2) is 33.7 Å². The number of hydrogen-bond acceptors (Lipinski definition) is 3. The van der Waals surface area contributed by atoms with Crippen LogP contribution in [0.25, 0.3) is 0 Å². The second-order valence-electron chi connectivity index (χ2n) is 3.08. The fourth-order valence-electron chi connectivity index (χ4n) is 1.30. The van der Waals surface area contributed by atoms with E-state index >= 15 is 0 Å². The summed E-state index contributed by atoms with van der Waals surface area (Å²) in [5.74, 6) is -1.20. The van der Waals surface area contributed by atoms with E-state index in [1.54, 1.807) is 24.5 Å². The molecule has 0 bridgehead atoms. The topological polar surface area (TPSA) is 59.4 Å². The van der Waals surface area contributed by atoms with Crippen molar-refractivity contribution in [3.05, 3.63) is 36.7 Å². The molecule has 1 aromatic heterocycles. The molecule has 76 valence electrons. The van der Waals surface area contributed by atoms with Crippen molar-refractivity contribution in [3.8, 4) is 0 Å². The number of aromatic nitrogens is 1. The first kappa shape index (κ1) is 9.39. The van der Waals surface area contributed by atoms with E-state index < -0.39 is 11.8 Å². The molecule has 0 saturated heterocycles. The van der Waals surface area contributed by atoms with E-state index in [0.29, 0.717) is 0 Å². The highest BCUT2D eigenvalue weighted by Crippen LogP contribution is 2.03. The third-order valence-electron chi connectivity index (χ3n) is 2.09. The highest BCUT2D eigenvalue weighted by molar-refractivity contribution is 6.14. The fourth-order valence-corrected chi connectivity index (χ4v) is 1.30. The van der Waals surface area contributed by atoms with E-state index in [9.17, 15) is 14.4 Å². The maximum Gasteiger partial charge on any atom is 0.254 e. The highest BCUT2D eigenvalue weighted by atomic mass is 16.2. The molecule has 2 heterocycles. The molecule has 5 nitrogen and oxygen atoms in total. The van der Waals surface area contributed by atoms with Crippen LogP contribution in [0.15, 0.2) is 36.7 Å². The summed E-state index contributed by atoms with van der Waals surface area (Å²) < 4.78 is 1.33. The van der Waals surface area contributed by atoms with Gasteiger partial charge in [-0.05, 0) is 12.1 Å². The van der Waals surface area contributed by atoms with Gasteiger partial charge in [0.1, 0.15) is 6.54 Å². The molecule has 2 rings (SSSR count). The van der Waals surface area contributed by atoms with E-state index in [1.165, 1.54) is 4.57 Å². The highest BCUT2D eigenvalue weighted by Gasteiger charge is 2.25. The van der Waals surface area contributed by atoms with Gasteiger partial charge in [0, 0.05) is 24.5 Å². The first-order valence-electron chi connectivity index (χ1n) is 4.38. The first-order valence-corrected chi connectivity index (χ1v) is 4.38. The van der Waals surface area contributed by atoms with Crippen LogP contribution in [0.1, 0.15) is 4.79 Å². The normalized spacial score (nSPS) is 15.1. The van der Waals surface area contributed by atoms with Crippen molar-refractivity contribution in [3.63, 3.8) is 0 Å². The van der Waals surface area contributed by atoms with Gasteiger partial charge in [0.15, 0.2) is 0 Å². The lowest BCUT2D eigenvalue weighted by Crippen LogP contribution is -2.36. The lowest BCUT2D eigenvalue weighted by Gasteiger charge is -2.12. The molecule has 0 spiro atoms. The van der Waals surface area contributed by atoms with Crippen LogP contribution >= 0.6 is 0 Å². The van der Waals surface area contributed by atoms with Crippen LogP contribution in [0.2, 0.25) is 0 Å². The maximum absolute atomic E-state index is 11.5. The van der Waals surface area contributed by atoms with Crippen molar-refractivity contribution in [2.45, 2.75) is 0 Å². The zero-order valence-corrected chi connectivity index (χ0v) is 7.79. The van der Waals surface area contributed by atoms with E-state index in [2.05, 4.69) is 0 Å². The minimum Gasteiger partial charge on any atom is -0.293 e. The molecule has 1 aromatic rings. The average molecular weight is 204 g/mol.